The molecular formula is C21H21NO. The molecule has 23 heavy (non-hydrogen) atoms. The van der Waals surface area contributed by atoms with E-state index < -0.39 is 0 Å². The molecule has 1 amide bonds. The number of amides is 1. The fraction of sp³-hybridized carbons (Fsp3) is 0.190. The molecule has 3 rings (SSSR count). The number of nitrogens with one attached hydrogen (secondary N) is 1. The number of carbonyl (C=O) groups excluding carboxylic acids is 1. The highest BCUT2D eigenvalue weighted by atomic mass is 16.1. The molecule has 0 fully saturated rings. The number of hydrogen-bond acceptors (Lipinski definition) is 1. The van der Waals surface area contributed by atoms with Crippen molar-refractivity contribution in [2.24, 2.45) is 0 Å². The molecule has 3 aromatic carbocycles. The molecule has 0 aromatic heterocycles. The van der Waals surface area contributed by atoms with E-state index in [0.717, 1.165) is 12.0 Å². The summed E-state index contributed by atoms with van der Waals surface area (Å²) >= 11 is 0. The molecule has 2 heteroatoms. The summed E-state index contributed by atoms with van der Waals surface area (Å²) in [6.45, 7) is 2.02. The van der Waals surface area contributed by atoms with Crippen molar-refractivity contribution in [3.05, 3.63) is 83.9 Å². The van der Waals surface area contributed by atoms with E-state index in [4.69, 9.17) is 0 Å². The number of carbonyl (C=O) groups is 1. The normalized spacial score (nSPS) is 12.0. The van der Waals surface area contributed by atoms with E-state index in [1.807, 2.05) is 49.4 Å². The molecule has 2 nitrogen and oxygen atoms in total. The van der Waals surface area contributed by atoms with E-state index in [0.29, 0.717) is 6.42 Å². The van der Waals surface area contributed by atoms with Gasteiger partial charge in [-0.15, -0.1) is 0 Å². The molecule has 0 spiro atoms. The molecule has 3 aromatic rings. The molecule has 0 saturated carbocycles. The Morgan fingerprint density at radius 3 is 2.43 bits per heavy atom. The van der Waals surface area contributed by atoms with Crippen molar-refractivity contribution in [2.45, 2.75) is 25.8 Å². The predicted octanol–water partition coefficient (Wildman–Crippen LogP) is 4.65. The molecule has 0 radical (unpaired) electrons. The summed E-state index contributed by atoms with van der Waals surface area (Å²) in [5.41, 5.74) is 2.36. The second-order valence-corrected chi connectivity index (χ2v) is 5.84. The minimum Gasteiger partial charge on any atom is -0.350 e. The van der Waals surface area contributed by atoms with Crippen LogP contribution in [-0.4, -0.2) is 5.91 Å². The largest absolute Gasteiger partial charge is 0.350 e. The molecule has 0 heterocycles. The fourth-order valence-corrected chi connectivity index (χ4v) is 2.90. The predicted molar refractivity (Wildman–Crippen MR) is 95.3 cm³/mol. The number of aryl methyl sites for hydroxylation is 1. The van der Waals surface area contributed by atoms with Crippen molar-refractivity contribution in [1.82, 2.24) is 5.32 Å². The van der Waals surface area contributed by atoms with Crippen LogP contribution in [0.5, 0.6) is 0 Å². The van der Waals surface area contributed by atoms with Crippen molar-refractivity contribution < 1.29 is 4.79 Å². The Balaban J connectivity index is 1.62. The lowest BCUT2D eigenvalue weighted by molar-refractivity contribution is -0.121. The standard InChI is InChI=1S/C21H21NO/c1-16(17-8-3-2-4-9-17)22-21(23)15-14-19-12-7-11-18-10-5-6-13-20(18)19/h2-13,16H,14-15H2,1H3,(H,22,23). The summed E-state index contributed by atoms with van der Waals surface area (Å²) < 4.78 is 0. The topological polar surface area (TPSA) is 29.1 Å². The summed E-state index contributed by atoms with van der Waals surface area (Å²) in [5.74, 6) is 0.0919. The Bertz CT molecular complexity index is 790. The van der Waals surface area contributed by atoms with Gasteiger partial charge in [0.2, 0.25) is 5.91 Å². The summed E-state index contributed by atoms with van der Waals surface area (Å²) in [5, 5.41) is 5.54. The van der Waals surface area contributed by atoms with E-state index >= 15 is 0 Å². The van der Waals surface area contributed by atoms with Crippen molar-refractivity contribution >= 4 is 16.7 Å². The third-order valence-electron chi connectivity index (χ3n) is 4.18. The Kier molecular flexibility index (Phi) is 4.72. The molecule has 0 aliphatic carbocycles. The Hall–Kier alpha value is -2.61. The zero-order valence-corrected chi connectivity index (χ0v) is 13.3. The van der Waals surface area contributed by atoms with E-state index in [-0.39, 0.29) is 11.9 Å². The van der Waals surface area contributed by atoms with Gasteiger partial charge in [0.05, 0.1) is 6.04 Å². The first-order valence-corrected chi connectivity index (χ1v) is 8.05. The van der Waals surface area contributed by atoms with Gasteiger partial charge in [0.25, 0.3) is 0 Å². The van der Waals surface area contributed by atoms with Gasteiger partial charge in [-0.05, 0) is 35.2 Å². The van der Waals surface area contributed by atoms with E-state index in [1.54, 1.807) is 0 Å². The van der Waals surface area contributed by atoms with Gasteiger partial charge in [-0.2, -0.15) is 0 Å². The highest BCUT2D eigenvalue weighted by molar-refractivity contribution is 5.86. The minimum atomic E-state index is 0.0382. The summed E-state index contributed by atoms with van der Waals surface area (Å²) in [4.78, 5) is 12.2. The fourth-order valence-electron chi connectivity index (χ4n) is 2.90. The van der Waals surface area contributed by atoms with Crippen molar-refractivity contribution in [3.63, 3.8) is 0 Å². The molecule has 0 aliphatic rings. The number of hydrogen-bond donors (Lipinski definition) is 1. The second kappa shape index (κ2) is 7.10. The van der Waals surface area contributed by atoms with Gasteiger partial charge in [0, 0.05) is 6.42 Å². The summed E-state index contributed by atoms with van der Waals surface area (Å²) in [6.07, 6.45) is 1.26. The molecule has 1 N–H and O–H groups in total. The number of fused-ring (bicyclic) bond motifs is 1. The maximum absolute atomic E-state index is 12.2. The summed E-state index contributed by atoms with van der Waals surface area (Å²) in [7, 11) is 0. The lowest BCUT2D eigenvalue weighted by atomic mass is 10.0. The van der Waals surface area contributed by atoms with Gasteiger partial charge < -0.3 is 5.32 Å². The lowest BCUT2D eigenvalue weighted by Crippen LogP contribution is -2.26. The molecule has 0 saturated heterocycles. The van der Waals surface area contributed by atoms with Crippen LogP contribution < -0.4 is 5.32 Å². The van der Waals surface area contributed by atoms with Gasteiger partial charge in [-0.3, -0.25) is 4.79 Å². The third kappa shape index (κ3) is 3.78. The van der Waals surface area contributed by atoms with Crippen LogP contribution in [0.15, 0.2) is 72.8 Å². The van der Waals surface area contributed by atoms with E-state index in [2.05, 4.69) is 35.6 Å². The van der Waals surface area contributed by atoms with Gasteiger partial charge in [0.15, 0.2) is 0 Å². The van der Waals surface area contributed by atoms with Crippen LogP contribution in [0, 0.1) is 0 Å². The van der Waals surface area contributed by atoms with Crippen LogP contribution >= 0.6 is 0 Å². The van der Waals surface area contributed by atoms with Crippen LogP contribution in [-0.2, 0) is 11.2 Å². The summed E-state index contributed by atoms with van der Waals surface area (Å²) in [6, 6.07) is 24.7. The molecule has 1 atom stereocenters. The zero-order chi connectivity index (χ0) is 16.1. The quantitative estimate of drug-likeness (QED) is 0.730. The van der Waals surface area contributed by atoms with Crippen molar-refractivity contribution in [3.8, 4) is 0 Å². The van der Waals surface area contributed by atoms with E-state index in [1.165, 1.54) is 16.3 Å². The first-order chi connectivity index (χ1) is 11.2. The molecule has 116 valence electrons. The maximum atomic E-state index is 12.2. The molecule has 0 aliphatic heterocycles. The van der Waals surface area contributed by atoms with E-state index in [9.17, 15) is 4.79 Å². The Morgan fingerprint density at radius 1 is 0.913 bits per heavy atom. The smallest absolute Gasteiger partial charge is 0.220 e. The highest BCUT2D eigenvalue weighted by Gasteiger charge is 2.10. The van der Waals surface area contributed by atoms with Gasteiger partial charge in [0.1, 0.15) is 0 Å². The molecular weight excluding hydrogens is 282 g/mol. The second-order valence-electron chi connectivity index (χ2n) is 5.84. The van der Waals surface area contributed by atoms with Crippen molar-refractivity contribution in [1.29, 1.82) is 0 Å². The Labute approximate surface area is 137 Å². The lowest BCUT2D eigenvalue weighted by Gasteiger charge is -2.14. The van der Waals surface area contributed by atoms with Crippen LogP contribution in [0.1, 0.15) is 30.5 Å². The van der Waals surface area contributed by atoms with Gasteiger partial charge in [-0.25, -0.2) is 0 Å². The maximum Gasteiger partial charge on any atom is 0.220 e. The molecule has 0 bridgehead atoms. The zero-order valence-electron chi connectivity index (χ0n) is 13.3. The highest BCUT2D eigenvalue weighted by Crippen LogP contribution is 2.20. The number of rotatable bonds is 5. The monoisotopic (exact) mass is 303 g/mol. The van der Waals surface area contributed by atoms with Crippen LogP contribution in [0.4, 0.5) is 0 Å². The Morgan fingerprint density at radius 2 is 1.61 bits per heavy atom. The molecule has 1 unspecified atom stereocenters. The van der Waals surface area contributed by atoms with Gasteiger partial charge in [-0.1, -0.05) is 72.8 Å². The first-order valence-electron chi connectivity index (χ1n) is 8.05. The van der Waals surface area contributed by atoms with Crippen LogP contribution in [0.2, 0.25) is 0 Å². The van der Waals surface area contributed by atoms with Crippen LogP contribution in [0.3, 0.4) is 0 Å². The average Bonchev–Trinajstić information content (AvgIpc) is 2.60. The first kappa shape index (κ1) is 15.3. The SMILES string of the molecule is CC(NC(=O)CCc1cccc2ccccc12)c1ccccc1. The van der Waals surface area contributed by atoms with Crippen LogP contribution in [0.25, 0.3) is 10.8 Å². The third-order valence-corrected chi connectivity index (χ3v) is 4.18. The average molecular weight is 303 g/mol. The van der Waals surface area contributed by atoms with Gasteiger partial charge >= 0.3 is 0 Å². The minimum absolute atomic E-state index is 0.0382. The van der Waals surface area contributed by atoms with Crippen molar-refractivity contribution in [2.75, 3.05) is 0 Å². The number of benzene rings is 3.